The molecule has 1 saturated heterocycles. The molecule has 1 aliphatic heterocycles. The molecule has 0 radical (unpaired) electrons. The summed E-state index contributed by atoms with van der Waals surface area (Å²) in [4.78, 5) is 21.8. The van der Waals surface area contributed by atoms with Crippen LogP contribution in [0.1, 0.15) is 18.4 Å². The van der Waals surface area contributed by atoms with E-state index in [1.165, 1.54) is 0 Å². The van der Waals surface area contributed by atoms with Crippen molar-refractivity contribution in [3.63, 3.8) is 0 Å². The summed E-state index contributed by atoms with van der Waals surface area (Å²) in [7, 11) is 0. The first-order chi connectivity index (χ1) is 12.7. The number of hydrogen-bond acceptors (Lipinski definition) is 4. The van der Waals surface area contributed by atoms with Crippen molar-refractivity contribution in [2.45, 2.75) is 19.3 Å². The minimum atomic E-state index is -0.0561. The first-order valence-electron chi connectivity index (χ1n) is 8.59. The number of pyridine rings is 1. The number of nitrogens with one attached hydrogen (secondary N) is 1. The molecule has 1 N–H and O–H groups in total. The van der Waals surface area contributed by atoms with Crippen molar-refractivity contribution in [2.75, 3.05) is 11.4 Å². The summed E-state index contributed by atoms with van der Waals surface area (Å²) < 4.78 is 0. The molecule has 3 aromatic rings. The summed E-state index contributed by atoms with van der Waals surface area (Å²) in [5, 5.41) is 9.06. The van der Waals surface area contributed by atoms with Crippen LogP contribution in [0, 0.1) is 5.92 Å². The molecule has 0 unspecified atom stereocenters. The molecule has 132 valence electrons. The maximum Gasteiger partial charge on any atom is 0.232 e. The minimum absolute atomic E-state index is 0.0561. The number of amides is 1. The second-order valence-electron chi connectivity index (χ2n) is 6.39. The van der Waals surface area contributed by atoms with E-state index < -0.39 is 0 Å². The Labute approximate surface area is 156 Å². The van der Waals surface area contributed by atoms with Crippen molar-refractivity contribution in [1.29, 1.82) is 0 Å². The third-order valence-corrected chi connectivity index (χ3v) is 4.88. The van der Waals surface area contributed by atoms with Crippen LogP contribution in [-0.4, -0.2) is 32.6 Å². The molecule has 1 atom stereocenters. The van der Waals surface area contributed by atoms with Crippen molar-refractivity contribution >= 4 is 23.5 Å². The lowest BCUT2D eigenvalue weighted by Gasteiger charge is -2.30. The van der Waals surface area contributed by atoms with E-state index in [-0.39, 0.29) is 11.8 Å². The van der Waals surface area contributed by atoms with Crippen molar-refractivity contribution in [3.8, 4) is 11.4 Å². The summed E-state index contributed by atoms with van der Waals surface area (Å²) in [6.07, 6.45) is 5.92. The molecular formula is C19H18ClN5O. The molecule has 3 heterocycles. The Hall–Kier alpha value is -2.73. The smallest absolute Gasteiger partial charge is 0.232 e. The molecule has 0 bridgehead atoms. The van der Waals surface area contributed by atoms with Crippen LogP contribution >= 0.6 is 11.6 Å². The molecule has 0 saturated carbocycles. The van der Waals surface area contributed by atoms with E-state index in [0.717, 1.165) is 24.0 Å². The van der Waals surface area contributed by atoms with Gasteiger partial charge in [-0.05, 0) is 49.1 Å². The SMILES string of the molecule is O=C1[C@H](Cc2ccc(Cl)cc2)CCCN1c1nnc(-c2ccncc2)[nH]1. The predicted octanol–water partition coefficient (Wildman–Crippen LogP) is 3.51. The standard InChI is InChI=1S/C19H18ClN5O/c20-16-5-3-13(4-6-16)12-15-2-1-11-25(18(15)26)19-22-17(23-24-19)14-7-9-21-10-8-14/h3-10,15H,1-2,11-12H2,(H,22,23,24)/t15-/m0/s1. The monoisotopic (exact) mass is 367 g/mol. The fraction of sp³-hybridized carbons (Fsp3) is 0.263. The van der Waals surface area contributed by atoms with Gasteiger partial charge in [0.05, 0.1) is 0 Å². The van der Waals surface area contributed by atoms with Gasteiger partial charge in [0.15, 0.2) is 5.82 Å². The Kier molecular flexibility index (Phi) is 4.67. The minimum Gasteiger partial charge on any atom is -0.307 e. The van der Waals surface area contributed by atoms with Crippen LogP contribution in [0.3, 0.4) is 0 Å². The number of aromatic nitrogens is 4. The summed E-state index contributed by atoms with van der Waals surface area (Å²) in [5.41, 5.74) is 2.01. The number of carbonyl (C=O) groups excluding carboxylic acids is 1. The van der Waals surface area contributed by atoms with E-state index >= 15 is 0 Å². The number of piperidine rings is 1. The first-order valence-corrected chi connectivity index (χ1v) is 8.97. The molecular weight excluding hydrogens is 350 g/mol. The van der Waals surface area contributed by atoms with E-state index in [2.05, 4.69) is 20.2 Å². The Balaban J connectivity index is 1.51. The Morgan fingerprint density at radius 1 is 1.12 bits per heavy atom. The molecule has 4 rings (SSSR count). The Morgan fingerprint density at radius 2 is 1.88 bits per heavy atom. The number of rotatable bonds is 4. The van der Waals surface area contributed by atoms with Gasteiger partial charge >= 0.3 is 0 Å². The highest BCUT2D eigenvalue weighted by molar-refractivity contribution is 6.30. The quantitative estimate of drug-likeness (QED) is 0.765. The zero-order chi connectivity index (χ0) is 17.9. The normalized spacial score (nSPS) is 17.5. The molecule has 1 aliphatic rings. The van der Waals surface area contributed by atoms with Gasteiger partial charge in [0.2, 0.25) is 11.9 Å². The first kappa shape index (κ1) is 16.7. The number of hydrogen-bond donors (Lipinski definition) is 1. The number of halogens is 1. The van der Waals surface area contributed by atoms with E-state index in [4.69, 9.17) is 11.6 Å². The van der Waals surface area contributed by atoms with E-state index in [1.807, 2.05) is 36.4 Å². The lowest BCUT2D eigenvalue weighted by atomic mass is 9.90. The van der Waals surface area contributed by atoms with E-state index in [0.29, 0.717) is 29.8 Å². The third kappa shape index (κ3) is 3.46. The molecule has 7 heteroatoms. The summed E-state index contributed by atoms with van der Waals surface area (Å²) in [5.74, 6) is 1.17. The fourth-order valence-corrected chi connectivity index (χ4v) is 3.39. The van der Waals surface area contributed by atoms with Gasteiger partial charge in [-0.25, -0.2) is 0 Å². The number of anilines is 1. The van der Waals surface area contributed by atoms with Crippen molar-refractivity contribution in [3.05, 3.63) is 59.4 Å². The highest BCUT2D eigenvalue weighted by Gasteiger charge is 2.31. The third-order valence-electron chi connectivity index (χ3n) is 4.63. The molecule has 1 aromatic carbocycles. The highest BCUT2D eigenvalue weighted by Crippen LogP contribution is 2.26. The zero-order valence-corrected chi connectivity index (χ0v) is 14.9. The van der Waals surface area contributed by atoms with Gasteiger partial charge in [0.1, 0.15) is 0 Å². The van der Waals surface area contributed by atoms with E-state index in [1.54, 1.807) is 17.3 Å². The number of aromatic amines is 1. The van der Waals surface area contributed by atoms with Crippen LogP contribution < -0.4 is 4.90 Å². The second kappa shape index (κ2) is 7.25. The Bertz CT molecular complexity index is 894. The molecule has 0 spiro atoms. The molecule has 0 aliphatic carbocycles. The molecule has 2 aromatic heterocycles. The summed E-state index contributed by atoms with van der Waals surface area (Å²) in [6, 6.07) is 11.4. The van der Waals surface area contributed by atoms with Crippen LogP contribution in [0.5, 0.6) is 0 Å². The van der Waals surface area contributed by atoms with Crippen molar-refractivity contribution in [2.24, 2.45) is 5.92 Å². The Morgan fingerprint density at radius 3 is 2.65 bits per heavy atom. The average Bonchev–Trinajstić information content (AvgIpc) is 3.16. The lowest BCUT2D eigenvalue weighted by Crippen LogP contribution is -2.42. The average molecular weight is 368 g/mol. The molecule has 1 fully saturated rings. The maximum atomic E-state index is 12.9. The van der Waals surface area contributed by atoms with Gasteiger partial charge in [-0.2, -0.15) is 0 Å². The maximum absolute atomic E-state index is 12.9. The summed E-state index contributed by atoms with van der Waals surface area (Å²) in [6.45, 7) is 0.654. The summed E-state index contributed by atoms with van der Waals surface area (Å²) >= 11 is 5.94. The van der Waals surface area contributed by atoms with Crippen LogP contribution in [0.15, 0.2) is 48.8 Å². The van der Waals surface area contributed by atoms with Crippen LogP contribution in [-0.2, 0) is 11.2 Å². The van der Waals surface area contributed by atoms with Crippen LogP contribution in [0.2, 0.25) is 5.02 Å². The van der Waals surface area contributed by atoms with E-state index in [9.17, 15) is 4.79 Å². The zero-order valence-electron chi connectivity index (χ0n) is 14.1. The van der Waals surface area contributed by atoms with Gasteiger partial charge in [-0.1, -0.05) is 23.7 Å². The molecule has 1 amide bonds. The van der Waals surface area contributed by atoms with Crippen LogP contribution in [0.4, 0.5) is 5.95 Å². The van der Waals surface area contributed by atoms with Crippen molar-refractivity contribution < 1.29 is 4.79 Å². The number of H-pyrrole nitrogens is 1. The largest absolute Gasteiger partial charge is 0.307 e. The van der Waals surface area contributed by atoms with Gasteiger partial charge in [0, 0.05) is 35.4 Å². The highest BCUT2D eigenvalue weighted by atomic mass is 35.5. The number of nitrogens with zero attached hydrogens (tertiary/aromatic N) is 4. The van der Waals surface area contributed by atoms with Gasteiger partial charge in [-0.15, -0.1) is 10.2 Å². The van der Waals surface area contributed by atoms with Crippen molar-refractivity contribution in [1.82, 2.24) is 20.2 Å². The van der Waals surface area contributed by atoms with Gasteiger partial charge in [0.25, 0.3) is 0 Å². The fourth-order valence-electron chi connectivity index (χ4n) is 3.27. The van der Waals surface area contributed by atoms with Crippen LogP contribution in [0.25, 0.3) is 11.4 Å². The number of carbonyl (C=O) groups is 1. The lowest BCUT2D eigenvalue weighted by molar-refractivity contribution is -0.123. The topological polar surface area (TPSA) is 74.8 Å². The second-order valence-corrected chi connectivity index (χ2v) is 6.83. The predicted molar refractivity (Wildman–Crippen MR) is 99.8 cm³/mol. The molecule has 6 nitrogen and oxygen atoms in total. The molecule has 26 heavy (non-hydrogen) atoms. The van der Waals surface area contributed by atoms with Gasteiger partial charge < -0.3 is 4.98 Å². The number of benzene rings is 1. The van der Waals surface area contributed by atoms with Gasteiger partial charge in [-0.3, -0.25) is 14.7 Å².